The zero-order valence-corrected chi connectivity index (χ0v) is 14.6. The molecule has 7 heteroatoms. The normalized spacial score (nSPS) is 13.9. The van der Waals surface area contributed by atoms with Gasteiger partial charge >= 0.3 is 11.9 Å². The van der Waals surface area contributed by atoms with E-state index in [0.717, 1.165) is 9.81 Å². The Hall–Kier alpha value is -2.22. The molecule has 0 saturated carbocycles. The molecule has 1 aliphatic rings. The summed E-state index contributed by atoms with van der Waals surface area (Å²) in [5, 5.41) is 18.6. The van der Waals surface area contributed by atoms with Crippen LogP contribution in [0.3, 0.4) is 0 Å². The van der Waals surface area contributed by atoms with Crippen molar-refractivity contribution in [1.82, 2.24) is 0 Å². The van der Waals surface area contributed by atoms with E-state index in [2.05, 4.69) is 0 Å². The van der Waals surface area contributed by atoms with E-state index in [4.69, 9.17) is 4.74 Å². The minimum absolute atomic E-state index is 0.238. The van der Waals surface area contributed by atoms with Crippen molar-refractivity contribution in [2.45, 2.75) is 9.79 Å². The van der Waals surface area contributed by atoms with Crippen LogP contribution in [0.25, 0.3) is 0 Å². The highest BCUT2D eigenvalue weighted by Gasteiger charge is 2.21. The number of ether oxygens (including phenoxy) is 1. The van der Waals surface area contributed by atoms with Gasteiger partial charge in [-0.1, -0.05) is 47.8 Å². The molecule has 25 heavy (non-hydrogen) atoms. The maximum absolute atomic E-state index is 11.4. The molecule has 0 spiro atoms. The number of carbonyl (C=O) groups is 2. The van der Waals surface area contributed by atoms with Crippen LogP contribution in [0.2, 0.25) is 0 Å². The molecule has 0 amide bonds. The molecular weight excluding hydrogens is 360 g/mol. The predicted molar refractivity (Wildman–Crippen MR) is 96.4 cm³/mol. The van der Waals surface area contributed by atoms with E-state index in [-0.39, 0.29) is 11.1 Å². The summed E-state index contributed by atoms with van der Waals surface area (Å²) in [5.74, 6) is -1.96. The molecule has 5 nitrogen and oxygen atoms in total. The molecule has 0 radical (unpaired) electrons. The number of aromatic carboxylic acids is 2. The number of benzene rings is 2. The Morgan fingerprint density at radius 3 is 1.56 bits per heavy atom. The number of hydrogen-bond donors (Lipinski definition) is 2. The van der Waals surface area contributed by atoms with E-state index >= 15 is 0 Å². The minimum Gasteiger partial charge on any atom is -0.478 e. The van der Waals surface area contributed by atoms with Gasteiger partial charge in [-0.25, -0.2) is 9.59 Å². The minimum atomic E-state index is -0.979. The molecule has 128 valence electrons. The van der Waals surface area contributed by atoms with E-state index in [1.807, 2.05) is 0 Å². The number of hydrogen-bond acceptors (Lipinski definition) is 5. The van der Waals surface area contributed by atoms with Gasteiger partial charge < -0.3 is 14.9 Å². The van der Waals surface area contributed by atoms with Crippen LogP contribution in [0, 0.1) is 0 Å². The molecule has 0 aliphatic carbocycles. The van der Waals surface area contributed by atoms with E-state index in [1.54, 1.807) is 48.5 Å². The van der Waals surface area contributed by atoms with Crippen molar-refractivity contribution >= 4 is 35.5 Å². The molecule has 2 aromatic rings. The van der Waals surface area contributed by atoms with Gasteiger partial charge in [0.15, 0.2) is 0 Å². The monoisotopic (exact) mass is 374 g/mol. The van der Waals surface area contributed by atoms with Crippen molar-refractivity contribution in [3.05, 3.63) is 69.5 Å². The third-order valence-corrected chi connectivity index (χ3v) is 5.98. The van der Waals surface area contributed by atoms with Gasteiger partial charge in [0.2, 0.25) is 0 Å². The highest BCUT2D eigenvalue weighted by Crippen LogP contribution is 2.41. The summed E-state index contributed by atoms with van der Waals surface area (Å²) in [6, 6.07) is 13.6. The fourth-order valence-corrected chi connectivity index (χ4v) is 4.54. The first-order valence-electron chi connectivity index (χ1n) is 7.36. The molecule has 1 aliphatic heterocycles. The maximum atomic E-state index is 11.4. The highest BCUT2D eigenvalue weighted by molar-refractivity contribution is 8.07. The summed E-state index contributed by atoms with van der Waals surface area (Å²) < 4.78 is 5.50. The van der Waals surface area contributed by atoms with Crippen LogP contribution in [0.4, 0.5) is 0 Å². The number of carboxylic acids is 2. The molecule has 1 heterocycles. The van der Waals surface area contributed by atoms with Crippen LogP contribution >= 0.6 is 23.5 Å². The number of thioether (sulfide) groups is 2. The van der Waals surface area contributed by atoms with Crippen LogP contribution in [-0.2, 0) is 4.74 Å². The van der Waals surface area contributed by atoms with Gasteiger partial charge in [0.1, 0.15) is 0 Å². The first kappa shape index (κ1) is 17.6. The Bertz CT molecular complexity index is 791. The summed E-state index contributed by atoms with van der Waals surface area (Å²) in [6.07, 6.45) is 0. The topological polar surface area (TPSA) is 83.8 Å². The van der Waals surface area contributed by atoms with E-state index in [0.29, 0.717) is 23.0 Å². The van der Waals surface area contributed by atoms with Gasteiger partial charge in [0, 0.05) is 19.6 Å². The molecule has 0 aromatic heterocycles. The van der Waals surface area contributed by atoms with Crippen molar-refractivity contribution in [1.29, 1.82) is 0 Å². The van der Waals surface area contributed by atoms with E-state index < -0.39 is 11.9 Å². The standard InChI is InChI=1S/C18H14O5S2/c19-17(20)11-5-1-3-7-13(11)24-15-9-23-10-16(15)25-14-8-4-2-6-12(14)18(21)22/h1-8H,9-10H2,(H,19,20)(H,21,22). The van der Waals surface area contributed by atoms with Crippen LogP contribution in [0.5, 0.6) is 0 Å². The lowest BCUT2D eigenvalue weighted by molar-refractivity contribution is 0.0682. The van der Waals surface area contributed by atoms with Crippen molar-refractivity contribution < 1.29 is 24.5 Å². The Balaban J connectivity index is 1.89. The first-order chi connectivity index (χ1) is 12.1. The average Bonchev–Trinajstić information content (AvgIpc) is 3.02. The van der Waals surface area contributed by atoms with E-state index in [9.17, 15) is 19.8 Å². The van der Waals surface area contributed by atoms with Gasteiger partial charge in [0.05, 0.1) is 24.3 Å². The highest BCUT2D eigenvalue weighted by atomic mass is 32.2. The number of carboxylic acid groups (broad SMARTS) is 2. The smallest absolute Gasteiger partial charge is 0.336 e. The van der Waals surface area contributed by atoms with E-state index in [1.165, 1.54) is 23.5 Å². The third kappa shape index (κ3) is 4.07. The summed E-state index contributed by atoms with van der Waals surface area (Å²) in [5.41, 5.74) is 0.476. The SMILES string of the molecule is O=C(O)c1ccccc1SC1=C(Sc2ccccc2C(=O)O)COC1. The second kappa shape index (κ2) is 7.77. The Morgan fingerprint density at radius 2 is 1.16 bits per heavy atom. The van der Waals surface area contributed by atoms with Crippen molar-refractivity contribution in [2.75, 3.05) is 13.2 Å². The van der Waals surface area contributed by atoms with Crippen molar-refractivity contribution in [2.24, 2.45) is 0 Å². The molecule has 0 bridgehead atoms. The molecule has 0 unspecified atom stereocenters. The van der Waals surface area contributed by atoms with Gasteiger partial charge in [0.25, 0.3) is 0 Å². The molecule has 0 saturated heterocycles. The van der Waals surface area contributed by atoms with Crippen molar-refractivity contribution in [3.8, 4) is 0 Å². The van der Waals surface area contributed by atoms with Gasteiger partial charge in [-0.2, -0.15) is 0 Å². The Labute approximate surface area is 152 Å². The van der Waals surface area contributed by atoms with Crippen molar-refractivity contribution in [3.63, 3.8) is 0 Å². The molecule has 3 rings (SSSR count). The largest absolute Gasteiger partial charge is 0.478 e. The van der Waals surface area contributed by atoms with Crippen LogP contribution < -0.4 is 0 Å². The quantitative estimate of drug-likeness (QED) is 0.783. The summed E-state index contributed by atoms with van der Waals surface area (Å²) in [4.78, 5) is 25.8. The molecular formula is C18H14O5S2. The third-order valence-electron chi connectivity index (χ3n) is 3.48. The van der Waals surface area contributed by atoms with Crippen LogP contribution in [-0.4, -0.2) is 35.4 Å². The molecule has 2 N–H and O–H groups in total. The summed E-state index contributed by atoms with van der Waals surface area (Å²) >= 11 is 2.71. The first-order valence-corrected chi connectivity index (χ1v) is 8.99. The molecule has 2 aromatic carbocycles. The summed E-state index contributed by atoms with van der Waals surface area (Å²) in [7, 11) is 0. The van der Waals surface area contributed by atoms with Gasteiger partial charge in [-0.3, -0.25) is 0 Å². The van der Waals surface area contributed by atoms with Crippen LogP contribution in [0.15, 0.2) is 68.1 Å². The fraction of sp³-hybridized carbons (Fsp3) is 0.111. The maximum Gasteiger partial charge on any atom is 0.336 e. The zero-order chi connectivity index (χ0) is 17.8. The number of rotatable bonds is 6. The Morgan fingerprint density at radius 1 is 0.760 bits per heavy atom. The second-order valence-corrected chi connectivity index (χ2v) is 7.42. The lowest BCUT2D eigenvalue weighted by Crippen LogP contribution is -1.99. The Kier molecular flexibility index (Phi) is 5.47. The fourth-order valence-electron chi connectivity index (χ4n) is 2.30. The second-order valence-electron chi connectivity index (χ2n) is 5.15. The lowest BCUT2D eigenvalue weighted by atomic mass is 10.2. The molecule has 0 fully saturated rings. The van der Waals surface area contributed by atoms with Gasteiger partial charge in [-0.05, 0) is 24.3 Å². The predicted octanol–water partition coefficient (Wildman–Crippen LogP) is 4.21. The zero-order valence-electron chi connectivity index (χ0n) is 13.0. The van der Waals surface area contributed by atoms with Crippen LogP contribution in [0.1, 0.15) is 20.7 Å². The average molecular weight is 374 g/mol. The lowest BCUT2D eigenvalue weighted by Gasteiger charge is -2.09. The summed E-state index contributed by atoms with van der Waals surface area (Å²) in [6.45, 7) is 0.770. The molecule has 0 atom stereocenters. The van der Waals surface area contributed by atoms with Gasteiger partial charge in [-0.15, -0.1) is 0 Å².